The summed E-state index contributed by atoms with van der Waals surface area (Å²) in [6.45, 7) is 12.7. The molecule has 0 spiro atoms. The van der Waals surface area contributed by atoms with Crippen LogP contribution in [0.2, 0.25) is 25.2 Å². The van der Waals surface area contributed by atoms with Gasteiger partial charge >= 0.3 is 0 Å². The van der Waals surface area contributed by atoms with E-state index in [1.54, 1.807) is 0 Å². The molecule has 19 heavy (non-hydrogen) atoms. The van der Waals surface area contributed by atoms with Crippen LogP contribution in [0, 0.1) is 0 Å². The van der Waals surface area contributed by atoms with E-state index in [-0.39, 0.29) is 0 Å². The molecule has 0 nitrogen and oxygen atoms in total. The van der Waals surface area contributed by atoms with E-state index in [0.717, 1.165) is 0 Å². The Morgan fingerprint density at radius 3 is 1.37 bits per heavy atom. The summed E-state index contributed by atoms with van der Waals surface area (Å²) in [6.07, 6.45) is 17.8. The minimum atomic E-state index is -0.881. The van der Waals surface area contributed by atoms with E-state index in [2.05, 4.69) is 26.3 Å². The molecule has 0 amide bonds. The summed E-state index contributed by atoms with van der Waals surface area (Å²) in [5.41, 5.74) is 0. The Hall–Kier alpha value is -0.303. The Morgan fingerprint density at radius 2 is 1.00 bits per heavy atom. The van der Waals surface area contributed by atoms with E-state index in [4.69, 9.17) is 0 Å². The summed E-state index contributed by atoms with van der Waals surface area (Å²) in [4.78, 5) is 0. The summed E-state index contributed by atoms with van der Waals surface area (Å²) in [7, 11) is -0.881. The highest BCUT2D eigenvalue weighted by molar-refractivity contribution is 6.77. The zero-order valence-electron chi connectivity index (χ0n) is 13.6. The molecule has 0 saturated heterocycles. The molecule has 0 aliphatic carbocycles. The van der Waals surface area contributed by atoms with Gasteiger partial charge in [0.2, 0.25) is 0 Å². The van der Waals surface area contributed by atoms with Crippen LogP contribution in [0.25, 0.3) is 0 Å². The number of allylic oxidation sites excluding steroid dienone is 2. The second-order valence-corrected chi connectivity index (χ2v) is 12.0. The second-order valence-electron chi connectivity index (χ2n) is 6.65. The summed E-state index contributed by atoms with van der Waals surface area (Å²) < 4.78 is 0. The van der Waals surface area contributed by atoms with Gasteiger partial charge in [0.05, 0.1) is 0 Å². The van der Waals surface area contributed by atoms with Gasteiger partial charge in [0.15, 0.2) is 0 Å². The van der Waals surface area contributed by atoms with Crippen LogP contribution in [0.15, 0.2) is 25.3 Å². The fraction of sp³-hybridized carbons (Fsp3) is 0.778. The predicted octanol–water partition coefficient (Wildman–Crippen LogP) is 6.97. The van der Waals surface area contributed by atoms with Crippen molar-refractivity contribution in [3.05, 3.63) is 25.3 Å². The maximum atomic E-state index is 3.78. The molecule has 0 aliphatic rings. The fourth-order valence-electron chi connectivity index (χ4n) is 2.62. The molecule has 0 aromatic rings. The maximum Gasteiger partial charge on any atom is 0.0473 e. The lowest BCUT2D eigenvalue weighted by Gasteiger charge is -2.22. The van der Waals surface area contributed by atoms with Gasteiger partial charge in [-0.1, -0.05) is 75.9 Å². The van der Waals surface area contributed by atoms with Crippen LogP contribution in [0.4, 0.5) is 0 Å². The van der Waals surface area contributed by atoms with Gasteiger partial charge < -0.3 is 0 Å². The first-order valence-corrected chi connectivity index (χ1v) is 11.8. The molecule has 0 aliphatic heterocycles. The molecule has 0 radical (unpaired) electrons. The van der Waals surface area contributed by atoms with Crippen molar-refractivity contribution in [2.75, 3.05) is 0 Å². The van der Waals surface area contributed by atoms with Crippen LogP contribution < -0.4 is 0 Å². The molecule has 0 N–H and O–H groups in total. The van der Waals surface area contributed by atoms with E-state index >= 15 is 0 Å². The molecule has 0 saturated carbocycles. The molecule has 0 aromatic heterocycles. The zero-order chi connectivity index (χ0) is 14.4. The number of hydrogen-bond donors (Lipinski definition) is 0. The van der Waals surface area contributed by atoms with Crippen LogP contribution in [0.5, 0.6) is 0 Å². The molecule has 0 unspecified atom stereocenters. The highest BCUT2D eigenvalue weighted by Gasteiger charge is 2.18. The third kappa shape index (κ3) is 13.9. The first kappa shape index (κ1) is 18.7. The lowest BCUT2D eigenvalue weighted by Crippen LogP contribution is -2.24. The highest BCUT2D eigenvalue weighted by Crippen LogP contribution is 2.23. The van der Waals surface area contributed by atoms with E-state index < -0.39 is 8.07 Å². The molecule has 0 bridgehead atoms. The normalized spacial score (nSPS) is 11.5. The van der Waals surface area contributed by atoms with Gasteiger partial charge in [-0.2, -0.15) is 0 Å². The third-order valence-electron chi connectivity index (χ3n) is 4.02. The minimum Gasteiger partial charge on any atom is -0.103 e. The average Bonchev–Trinajstić information content (AvgIpc) is 2.38. The quantitative estimate of drug-likeness (QED) is 0.183. The smallest absolute Gasteiger partial charge is 0.0473 e. The van der Waals surface area contributed by atoms with Crippen molar-refractivity contribution in [2.24, 2.45) is 0 Å². The molecule has 1 heteroatoms. The molecule has 0 atom stereocenters. The van der Waals surface area contributed by atoms with Gasteiger partial charge in [0.1, 0.15) is 0 Å². The van der Waals surface area contributed by atoms with Crippen LogP contribution in [0.3, 0.4) is 0 Å². The largest absolute Gasteiger partial charge is 0.103 e. The number of rotatable bonds is 14. The van der Waals surface area contributed by atoms with E-state index in [9.17, 15) is 0 Å². The summed E-state index contributed by atoms with van der Waals surface area (Å²) in [5, 5.41) is 0. The Bertz CT molecular complexity index is 196. The van der Waals surface area contributed by atoms with Crippen LogP contribution in [-0.2, 0) is 0 Å². The minimum absolute atomic E-state index is 0.881. The van der Waals surface area contributed by atoms with Crippen molar-refractivity contribution in [1.29, 1.82) is 0 Å². The van der Waals surface area contributed by atoms with Crippen molar-refractivity contribution in [1.82, 2.24) is 0 Å². The van der Waals surface area contributed by atoms with Crippen molar-refractivity contribution in [3.63, 3.8) is 0 Å². The molecule has 0 fully saturated rings. The van der Waals surface area contributed by atoms with Crippen molar-refractivity contribution in [2.45, 2.75) is 89.4 Å². The lowest BCUT2D eigenvalue weighted by molar-refractivity contribution is 0.658. The standard InChI is InChI=1S/C18H36Si/c1-5-7-9-11-13-15-17-19(3,4)18-16-14-12-10-8-6-2/h5-6H,1-2,7-18H2,3-4H3. The first-order chi connectivity index (χ1) is 9.12. The molecular formula is C18H36Si. The summed E-state index contributed by atoms with van der Waals surface area (Å²) in [6, 6.07) is 3.07. The van der Waals surface area contributed by atoms with Crippen LogP contribution >= 0.6 is 0 Å². The van der Waals surface area contributed by atoms with Crippen LogP contribution in [0.1, 0.15) is 64.2 Å². The monoisotopic (exact) mass is 280 g/mol. The first-order valence-electron chi connectivity index (χ1n) is 8.34. The maximum absolute atomic E-state index is 3.78. The lowest BCUT2D eigenvalue weighted by atomic mass is 10.1. The van der Waals surface area contributed by atoms with Gasteiger partial charge in [0, 0.05) is 8.07 Å². The fourth-order valence-corrected chi connectivity index (χ4v) is 5.28. The van der Waals surface area contributed by atoms with Crippen molar-refractivity contribution in [3.8, 4) is 0 Å². The van der Waals surface area contributed by atoms with Gasteiger partial charge in [0.25, 0.3) is 0 Å². The Balaban J connectivity index is 3.41. The van der Waals surface area contributed by atoms with E-state index in [0.29, 0.717) is 0 Å². The molecule has 0 heterocycles. The molecule has 112 valence electrons. The van der Waals surface area contributed by atoms with Gasteiger partial charge in [-0.3, -0.25) is 0 Å². The summed E-state index contributed by atoms with van der Waals surface area (Å²) in [5.74, 6) is 0. The Morgan fingerprint density at radius 1 is 0.632 bits per heavy atom. The number of unbranched alkanes of at least 4 members (excludes halogenated alkanes) is 8. The van der Waals surface area contributed by atoms with Gasteiger partial charge in [-0.25, -0.2) is 0 Å². The number of hydrogen-bond acceptors (Lipinski definition) is 0. The van der Waals surface area contributed by atoms with E-state index in [1.807, 2.05) is 12.2 Å². The van der Waals surface area contributed by atoms with Gasteiger partial charge in [-0.15, -0.1) is 13.2 Å². The highest BCUT2D eigenvalue weighted by atomic mass is 28.3. The summed E-state index contributed by atoms with van der Waals surface area (Å²) >= 11 is 0. The van der Waals surface area contributed by atoms with Crippen molar-refractivity contribution < 1.29 is 0 Å². The molecular weight excluding hydrogens is 244 g/mol. The molecule has 0 rings (SSSR count). The van der Waals surface area contributed by atoms with Crippen molar-refractivity contribution >= 4 is 8.07 Å². The topological polar surface area (TPSA) is 0 Å². The average molecular weight is 281 g/mol. The Labute approximate surface area is 123 Å². The van der Waals surface area contributed by atoms with Gasteiger partial charge in [-0.05, 0) is 25.7 Å². The Kier molecular flexibility index (Phi) is 12.5. The second kappa shape index (κ2) is 12.7. The van der Waals surface area contributed by atoms with Crippen LogP contribution in [-0.4, -0.2) is 8.07 Å². The third-order valence-corrected chi connectivity index (χ3v) is 7.44. The molecule has 0 aromatic carbocycles. The zero-order valence-corrected chi connectivity index (χ0v) is 14.6. The SMILES string of the molecule is C=CCCCCCC[Si](C)(C)CCCCCCC=C. The predicted molar refractivity (Wildman–Crippen MR) is 93.7 cm³/mol. The van der Waals surface area contributed by atoms with E-state index in [1.165, 1.54) is 76.3 Å².